The molecule has 0 aliphatic rings. The van der Waals surface area contributed by atoms with Gasteiger partial charge in [0.05, 0.1) is 39.9 Å². The minimum atomic E-state index is -4.60. The molecule has 0 aliphatic carbocycles. The first-order valence-electron chi connectivity index (χ1n) is 34.6. The van der Waals surface area contributed by atoms with Crippen molar-refractivity contribution in [2.45, 2.75) is 379 Å². The van der Waals surface area contributed by atoms with Crippen LogP contribution in [-0.2, 0) is 18.4 Å². The van der Waals surface area contributed by atoms with Crippen LogP contribution in [0.25, 0.3) is 0 Å². The van der Waals surface area contributed by atoms with Gasteiger partial charge in [-0.05, 0) is 19.3 Å². The maximum Gasteiger partial charge on any atom is 0.268 e. The summed E-state index contributed by atoms with van der Waals surface area (Å²) in [5.41, 5.74) is 0. The number of nitrogens with zero attached hydrogens (tertiary/aromatic N) is 1. The third kappa shape index (κ3) is 62.7. The highest BCUT2D eigenvalue weighted by Crippen LogP contribution is 2.38. The zero-order chi connectivity index (χ0) is 56.3. The summed E-state index contributed by atoms with van der Waals surface area (Å²) in [6, 6.07) is -0.883. The fourth-order valence-corrected chi connectivity index (χ4v) is 11.6. The Labute approximate surface area is 482 Å². The lowest BCUT2D eigenvalue weighted by atomic mass is 10.0. The molecule has 3 unspecified atom stereocenters. The van der Waals surface area contributed by atoms with E-state index in [1.165, 1.54) is 308 Å². The summed E-state index contributed by atoms with van der Waals surface area (Å²) in [6.07, 6.45) is 76.2. The van der Waals surface area contributed by atoms with Crippen LogP contribution < -0.4 is 10.2 Å². The SMILES string of the molecule is CCCCCCCCCCCCCCCCCCCCCCCCCC/C=C/C(O)C(COP(=O)([O-])OCC[N+](C)(C)C)NC(=O)CCCCCCCCCCCCCCCCCCCCCCCCCCCCCCC. The largest absolute Gasteiger partial charge is 0.756 e. The molecule has 0 aromatic carbocycles. The Morgan fingerprint density at radius 2 is 0.701 bits per heavy atom. The van der Waals surface area contributed by atoms with Gasteiger partial charge in [-0.25, -0.2) is 0 Å². The zero-order valence-electron chi connectivity index (χ0n) is 52.7. The second kappa shape index (κ2) is 59.8. The van der Waals surface area contributed by atoms with Crippen LogP contribution in [0.3, 0.4) is 0 Å². The Kier molecular flexibility index (Phi) is 59.3. The van der Waals surface area contributed by atoms with Gasteiger partial charge < -0.3 is 28.8 Å². The maximum atomic E-state index is 13.0. The molecule has 0 rings (SSSR count). The molecule has 8 nitrogen and oxygen atoms in total. The van der Waals surface area contributed by atoms with Gasteiger partial charge in [0.2, 0.25) is 5.91 Å². The van der Waals surface area contributed by atoms with Crippen molar-refractivity contribution in [2.75, 3.05) is 40.9 Å². The second-order valence-electron chi connectivity index (χ2n) is 25.3. The van der Waals surface area contributed by atoms with Crippen LogP contribution in [-0.4, -0.2) is 68.5 Å². The summed E-state index contributed by atoms with van der Waals surface area (Å²) in [4.78, 5) is 25.6. The molecule has 0 aromatic heterocycles. The van der Waals surface area contributed by atoms with E-state index >= 15 is 0 Å². The van der Waals surface area contributed by atoms with Crippen molar-refractivity contribution in [3.63, 3.8) is 0 Å². The minimum absolute atomic E-state index is 0.00299. The number of hydrogen-bond donors (Lipinski definition) is 2. The maximum absolute atomic E-state index is 13.0. The van der Waals surface area contributed by atoms with Crippen molar-refractivity contribution in [1.82, 2.24) is 5.32 Å². The molecule has 460 valence electrons. The predicted molar refractivity (Wildman–Crippen MR) is 335 cm³/mol. The number of carbonyl (C=O) groups is 1. The molecule has 0 heterocycles. The van der Waals surface area contributed by atoms with E-state index in [0.29, 0.717) is 17.4 Å². The molecule has 0 radical (unpaired) electrons. The lowest BCUT2D eigenvalue weighted by Gasteiger charge is -2.29. The van der Waals surface area contributed by atoms with Gasteiger partial charge in [-0.15, -0.1) is 0 Å². The molecule has 2 N–H and O–H groups in total. The molecule has 0 saturated carbocycles. The molecule has 3 atom stereocenters. The van der Waals surface area contributed by atoms with E-state index in [-0.39, 0.29) is 19.1 Å². The van der Waals surface area contributed by atoms with Crippen molar-refractivity contribution in [2.24, 2.45) is 0 Å². The molecular formula is C68H137N2O6P. The van der Waals surface area contributed by atoms with Gasteiger partial charge in [-0.1, -0.05) is 353 Å². The number of aliphatic hydroxyl groups excluding tert-OH is 1. The first-order chi connectivity index (χ1) is 37.5. The number of amides is 1. The number of nitrogens with one attached hydrogen (secondary N) is 1. The van der Waals surface area contributed by atoms with E-state index in [1.807, 2.05) is 27.2 Å². The number of quaternary nitrogens is 1. The monoisotopic (exact) mass is 1110 g/mol. The summed E-state index contributed by atoms with van der Waals surface area (Å²) >= 11 is 0. The van der Waals surface area contributed by atoms with E-state index in [9.17, 15) is 19.4 Å². The van der Waals surface area contributed by atoms with Crippen LogP contribution >= 0.6 is 7.82 Å². The Morgan fingerprint density at radius 1 is 0.442 bits per heavy atom. The molecule has 0 aromatic rings. The normalized spacial score (nSPS) is 13.7. The second-order valence-corrected chi connectivity index (χ2v) is 26.7. The van der Waals surface area contributed by atoms with Crippen molar-refractivity contribution in [3.8, 4) is 0 Å². The molecule has 9 heteroatoms. The standard InChI is InChI=1S/C68H137N2O6P/c1-6-8-10-12-14-16-18-20-22-24-26-28-30-32-34-35-36-38-40-42-44-46-48-50-52-54-56-58-60-62-68(72)69-66(65-76-77(73,74)75-64-63-70(3,4)5)67(71)61-59-57-55-53-51-49-47-45-43-41-39-37-33-31-29-27-25-23-21-19-17-15-13-11-9-7-2/h59,61,66-67,71H,6-58,60,62-65H2,1-5H3,(H-,69,72,73,74)/b61-59+. The molecule has 0 aliphatic heterocycles. The Balaban J connectivity index is 4.04. The molecule has 0 fully saturated rings. The summed E-state index contributed by atoms with van der Waals surface area (Å²) < 4.78 is 23.5. The van der Waals surface area contributed by atoms with E-state index in [0.717, 1.165) is 38.5 Å². The third-order valence-electron chi connectivity index (χ3n) is 16.2. The van der Waals surface area contributed by atoms with E-state index in [1.54, 1.807) is 6.08 Å². The van der Waals surface area contributed by atoms with Crippen LogP contribution in [0.4, 0.5) is 0 Å². The fourth-order valence-electron chi connectivity index (χ4n) is 10.9. The first-order valence-corrected chi connectivity index (χ1v) is 36.0. The Morgan fingerprint density at radius 3 is 0.974 bits per heavy atom. The van der Waals surface area contributed by atoms with Gasteiger partial charge in [-0.3, -0.25) is 9.36 Å². The smallest absolute Gasteiger partial charge is 0.268 e. The number of phosphoric acid groups is 1. The number of rotatable bonds is 65. The lowest BCUT2D eigenvalue weighted by molar-refractivity contribution is -0.870. The number of hydrogen-bond acceptors (Lipinski definition) is 6. The average Bonchev–Trinajstić information content (AvgIpc) is 3.39. The molecule has 77 heavy (non-hydrogen) atoms. The van der Waals surface area contributed by atoms with Gasteiger partial charge >= 0.3 is 0 Å². The predicted octanol–water partition coefficient (Wildman–Crippen LogP) is 21.1. The molecular weight excluding hydrogens is 972 g/mol. The van der Waals surface area contributed by atoms with Crippen LogP contribution in [0.5, 0.6) is 0 Å². The number of phosphoric ester groups is 1. The quantitative estimate of drug-likeness (QED) is 0.0272. The van der Waals surface area contributed by atoms with Crippen molar-refractivity contribution in [3.05, 3.63) is 12.2 Å². The van der Waals surface area contributed by atoms with E-state index in [4.69, 9.17) is 9.05 Å². The van der Waals surface area contributed by atoms with E-state index in [2.05, 4.69) is 19.2 Å². The molecule has 1 amide bonds. The number of carbonyl (C=O) groups excluding carboxylic acids is 1. The molecule has 0 saturated heterocycles. The van der Waals surface area contributed by atoms with Gasteiger partial charge in [0.1, 0.15) is 13.2 Å². The van der Waals surface area contributed by atoms with Crippen LogP contribution in [0, 0.1) is 0 Å². The Bertz CT molecular complexity index is 1260. The third-order valence-corrected chi connectivity index (χ3v) is 17.2. The topological polar surface area (TPSA) is 108 Å². The van der Waals surface area contributed by atoms with Gasteiger partial charge in [0.15, 0.2) is 0 Å². The van der Waals surface area contributed by atoms with Gasteiger partial charge in [0, 0.05) is 6.42 Å². The zero-order valence-corrected chi connectivity index (χ0v) is 53.6. The number of likely N-dealkylation sites (N-methyl/N-ethyl adjacent to an activating group) is 1. The van der Waals surface area contributed by atoms with Crippen LogP contribution in [0.1, 0.15) is 367 Å². The first kappa shape index (κ1) is 76.2. The van der Waals surface area contributed by atoms with Crippen molar-refractivity contribution >= 4 is 13.7 Å². The van der Waals surface area contributed by atoms with Crippen molar-refractivity contribution < 1.29 is 32.9 Å². The van der Waals surface area contributed by atoms with Crippen LogP contribution in [0.2, 0.25) is 0 Å². The van der Waals surface area contributed by atoms with Crippen LogP contribution in [0.15, 0.2) is 12.2 Å². The summed E-state index contributed by atoms with van der Waals surface area (Å²) in [5.74, 6) is -0.187. The van der Waals surface area contributed by atoms with Gasteiger partial charge in [-0.2, -0.15) is 0 Å². The highest BCUT2D eigenvalue weighted by molar-refractivity contribution is 7.45. The highest BCUT2D eigenvalue weighted by atomic mass is 31.2. The minimum Gasteiger partial charge on any atom is -0.756 e. The fraction of sp³-hybridized carbons (Fsp3) is 0.956. The summed E-state index contributed by atoms with van der Waals surface area (Å²) in [6.45, 7) is 4.72. The van der Waals surface area contributed by atoms with Crippen molar-refractivity contribution in [1.29, 1.82) is 0 Å². The molecule has 0 spiro atoms. The Hall–Kier alpha value is -0.760. The number of allylic oxidation sites excluding steroid dienone is 1. The summed E-state index contributed by atoms with van der Waals surface area (Å²) in [7, 11) is 1.28. The highest BCUT2D eigenvalue weighted by Gasteiger charge is 2.23. The number of unbranched alkanes of at least 4 members (excludes halogenated alkanes) is 52. The summed E-state index contributed by atoms with van der Waals surface area (Å²) in [5, 5.41) is 14.0. The van der Waals surface area contributed by atoms with Gasteiger partial charge in [0.25, 0.3) is 7.82 Å². The molecule has 0 bridgehead atoms. The number of aliphatic hydroxyl groups is 1. The lowest BCUT2D eigenvalue weighted by Crippen LogP contribution is -2.45. The average molecular weight is 1110 g/mol. The van der Waals surface area contributed by atoms with E-state index < -0.39 is 20.0 Å².